The minimum Gasteiger partial charge on any atom is -0.271 e. The summed E-state index contributed by atoms with van der Waals surface area (Å²) >= 11 is 0. The Balaban J connectivity index is 2.29. The fourth-order valence-corrected chi connectivity index (χ4v) is 2.21. The fourth-order valence-electron chi connectivity index (χ4n) is 2.21. The average molecular weight is 280 g/mol. The molecule has 0 saturated heterocycles. The maximum absolute atomic E-state index is 13.7. The van der Waals surface area contributed by atoms with Crippen LogP contribution in [0.5, 0.6) is 0 Å². The molecule has 0 aliphatic carbocycles. The first-order valence-corrected chi connectivity index (χ1v) is 6.47. The molecule has 2 rings (SSSR count). The number of nitrogens with zero attached hydrogens (tertiary/aromatic N) is 2. The molecule has 1 aromatic carbocycles. The van der Waals surface area contributed by atoms with Crippen molar-refractivity contribution >= 4 is 0 Å². The van der Waals surface area contributed by atoms with Gasteiger partial charge in [0, 0.05) is 12.2 Å². The van der Waals surface area contributed by atoms with Crippen molar-refractivity contribution in [2.75, 3.05) is 0 Å². The first kappa shape index (κ1) is 14.6. The van der Waals surface area contributed by atoms with Gasteiger partial charge >= 0.3 is 0 Å². The smallest absolute Gasteiger partial charge is 0.162 e. The molecule has 0 amide bonds. The molecule has 1 atom stereocenters. The topological polar surface area (TPSA) is 55.9 Å². The second-order valence-electron chi connectivity index (χ2n) is 4.93. The van der Waals surface area contributed by atoms with Gasteiger partial charge in [-0.3, -0.25) is 16.0 Å². The normalized spacial score (nSPS) is 12.9. The summed E-state index contributed by atoms with van der Waals surface area (Å²) < 4.78 is 28.8. The van der Waals surface area contributed by atoms with E-state index in [4.69, 9.17) is 5.84 Å². The van der Waals surface area contributed by atoms with E-state index < -0.39 is 11.6 Å². The molecule has 0 fully saturated rings. The quantitative estimate of drug-likeness (QED) is 0.653. The average Bonchev–Trinajstić information content (AvgIpc) is 2.90. The maximum atomic E-state index is 13.7. The summed E-state index contributed by atoms with van der Waals surface area (Å²) in [5.41, 5.74) is 3.77. The Bertz CT molecular complexity index is 580. The van der Waals surface area contributed by atoms with Crippen LogP contribution in [0.15, 0.2) is 30.5 Å². The Labute approximate surface area is 116 Å². The summed E-state index contributed by atoms with van der Waals surface area (Å²) in [5.74, 6) is 3.88. The second kappa shape index (κ2) is 6.11. The van der Waals surface area contributed by atoms with Crippen LogP contribution in [-0.2, 0) is 6.42 Å². The minimum absolute atomic E-state index is 0.160. The van der Waals surface area contributed by atoms with Crippen LogP contribution in [0.4, 0.5) is 8.78 Å². The number of nitrogens with one attached hydrogen (secondary N) is 1. The molecule has 3 N–H and O–H groups in total. The third-order valence-corrected chi connectivity index (χ3v) is 3.20. The molecule has 2 aromatic rings. The Morgan fingerprint density at radius 2 is 2.05 bits per heavy atom. The number of hydrogen-bond acceptors (Lipinski definition) is 3. The van der Waals surface area contributed by atoms with Gasteiger partial charge in [-0.15, -0.1) is 0 Å². The van der Waals surface area contributed by atoms with E-state index >= 15 is 0 Å². The van der Waals surface area contributed by atoms with Crippen molar-refractivity contribution in [3.63, 3.8) is 0 Å². The monoisotopic (exact) mass is 280 g/mol. The molecule has 0 spiro atoms. The van der Waals surface area contributed by atoms with E-state index in [1.165, 1.54) is 6.07 Å². The molecular formula is C14H18F2N4. The van der Waals surface area contributed by atoms with Gasteiger partial charge in [-0.05, 0) is 38.0 Å². The molecule has 1 unspecified atom stereocenters. The molecule has 0 aliphatic heterocycles. The molecule has 108 valence electrons. The molecule has 0 bridgehead atoms. The first-order chi connectivity index (χ1) is 9.54. The lowest BCUT2D eigenvalue weighted by atomic mass is 10.0. The van der Waals surface area contributed by atoms with E-state index in [9.17, 15) is 8.78 Å². The van der Waals surface area contributed by atoms with Crippen molar-refractivity contribution in [2.45, 2.75) is 32.4 Å². The van der Waals surface area contributed by atoms with Crippen molar-refractivity contribution in [1.82, 2.24) is 15.2 Å². The van der Waals surface area contributed by atoms with Gasteiger partial charge in [0.25, 0.3) is 0 Å². The van der Waals surface area contributed by atoms with Crippen molar-refractivity contribution in [3.8, 4) is 0 Å². The van der Waals surface area contributed by atoms with E-state index in [1.54, 1.807) is 12.3 Å². The number of hydrogen-bond donors (Lipinski definition) is 2. The highest BCUT2D eigenvalue weighted by Gasteiger charge is 2.19. The SMILES string of the molecule is CC(C)n1nccc1C(Cc1cccc(F)c1F)NN. The number of benzene rings is 1. The number of aromatic nitrogens is 2. The highest BCUT2D eigenvalue weighted by Crippen LogP contribution is 2.22. The number of nitrogens with two attached hydrogens (primary N) is 1. The lowest BCUT2D eigenvalue weighted by molar-refractivity contribution is 0.437. The first-order valence-electron chi connectivity index (χ1n) is 6.47. The van der Waals surface area contributed by atoms with Gasteiger partial charge in [0.2, 0.25) is 0 Å². The molecule has 4 nitrogen and oxygen atoms in total. The van der Waals surface area contributed by atoms with Crippen LogP contribution < -0.4 is 11.3 Å². The van der Waals surface area contributed by atoms with Crippen LogP contribution in [0.2, 0.25) is 0 Å². The Morgan fingerprint density at radius 3 is 2.70 bits per heavy atom. The van der Waals surface area contributed by atoms with Gasteiger partial charge in [-0.2, -0.15) is 5.10 Å². The molecule has 1 aromatic heterocycles. The van der Waals surface area contributed by atoms with Gasteiger partial charge in [0.1, 0.15) is 0 Å². The molecule has 6 heteroatoms. The molecule has 20 heavy (non-hydrogen) atoms. The Morgan fingerprint density at radius 1 is 1.30 bits per heavy atom. The standard InChI is InChI=1S/C14H18F2N4/c1-9(2)20-13(6-7-18-20)12(19-17)8-10-4-3-5-11(15)14(10)16/h3-7,9,12,19H,8,17H2,1-2H3. The van der Waals surface area contributed by atoms with Crippen molar-refractivity contribution in [3.05, 3.63) is 53.4 Å². The van der Waals surface area contributed by atoms with Gasteiger partial charge < -0.3 is 0 Å². The largest absolute Gasteiger partial charge is 0.271 e. The third-order valence-electron chi connectivity index (χ3n) is 3.20. The van der Waals surface area contributed by atoms with Crippen LogP contribution in [0.3, 0.4) is 0 Å². The zero-order valence-corrected chi connectivity index (χ0v) is 11.5. The van der Waals surface area contributed by atoms with Gasteiger partial charge in [0.15, 0.2) is 11.6 Å². The van der Waals surface area contributed by atoms with Gasteiger partial charge in [0.05, 0.1) is 11.7 Å². The number of halogens is 2. The van der Waals surface area contributed by atoms with Crippen molar-refractivity contribution in [1.29, 1.82) is 0 Å². The summed E-state index contributed by atoms with van der Waals surface area (Å²) in [6.07, 6.45) is 1.92. The Hall–Kier alpha value is -1.79. The van der Waals surface area contributed by atoms with E-state index in [-0.39, 0.29) is 24.1 Å². The summed E-state index contributed by atoms with van der Waals surface area (Å²) in [4.78, 5) is 0. The molecule has 0 saturated carbocycles. The Kier molecular flexibility index (Phi) is 4.46. The van der Waals surface area contributed by atoms with Crippen LogP contribution in [0.1, 0.15) is 37.2 Å². The maximum Gasteiger partial charge on any atom is 0.162 e. The van der Waals surface area contributed by atoms with Crippen LogP contribution >= 0.6 is 0 Å². The van der Waals surface area contributed by atoms with Crippen molar-refractivity contribution in [2.24, 2.45) is 5.84 Å². The van der Waals surface area contributed by atoms with E-state index in [0.717, 1.165) is 11.8 Å². The van der Waals surface area contributed by atoms with E-state index in [0.29, 0.717) is 0 Å². The van der Waals surface area contributed by atoms with E-state index in [2.05, 4.69) is 10.5 Å². The van der Waals surface area contributed by atoms with Gasteiger partial charge in [-0.1, -0.05) is 12.1 Å². The number of rotatable bonds is 5. The van der Waals surface area contributed by atoms with Crippen LogP contribution in [-0.4, -0.2) is 9.78 Å². The third kappa shape index (κ3) is 2.86. The van der Waals surface area contributed by atoms with Crippen LogP contribution in [0.25, 0.3) is 0 Å². The van der Waals surface area contributed by atoms with Crippen LogP contribution in [0, 0.1) is 11.6 Å². The highest BCUT2D eigenvalue weighted by atomic mass is 19.2. The highest BCUT2D eigenvalue weighted by molar-refractivity contribution is 5.22. The molecule has 0 aliphatic rings. The van der Waals surface area contributed by atoms with Gasteiger partial charge in [-0.25, -0.2) is 8.78 Å². The zero-order chi connectivity index (χ0) is 14.7. The second-order valence-corrected chi connectivity index (χ2v) is 4.93. The van der Waals surface area contributed by atoms with Crippen molar-refractivity contribution < 1.29 is 8.78 Å². The van der Waals surface area contributed by atoms with E-state index in [1.807, 2.05) is 24.6 Å². The zero-order valence-electron chi connectivity index (χ0n) is 11.5. The molecule has 0 radical (unpaired) electrons. The summed E-state index contributed by atoms with van der Waals surface area (Å²) in [6.45, 7) is 3.99. The molecular weight excluding hydrogens is 262 g/mol. The summed E-state index contributed by atoms with van der Waals surface area (Å²) in [7, 11) is 0. The summed E-state index contributed by atoms with van der Waals surface area (Å²) in [5, 5.41) is 4.22. The lowest BCUT2D eigenvalue weighted by Crippen LogP contribution is -2.32. The fraction of sp³-hybridized carbons (Fsp3) is 0.357. The molecule has 1 heterocycles. The predicted molar refractivity (Wildman–Crippen MR) is 72.7 cm³/mol. The minimum atomic E-state index is -0.851. The predicted octanol–water partition coefficient (Wildman–Crippen LogP) is 2.49. The number of hydrazine groups is 1. The lowest BCUT2D eigenvalue weighted by Gasteiger charge is -2.20. The summed E-state index contributed by atoms with van der Waals surface area (Å²) in [6, 6.07) is 5.79.